The van der Waals surface area contributed by atoms with Crippen LogP contribution in [0.2, 0.25) is 0 Å². The zero-order valence-electron chi connectivity index (χ0n) is 18.6. The SMILES string of the molecule is COCc1ccc(OC(C)=O)c(C(CCN(C(C)C)C(C)C)c2ccccc2)c1. The zero-order valence-corrected chi connectivity index (χ0v) is 18.6. The van der Waals surface area contributed by atoms with E-state index in [0.717, 1.165) is 24.1 Å². The Hall–Kier alpha value is -2.17. The third-order valence-corrected chi connectivity index (χ3v) is 5.22. The van der Waals surface area contributed by atoms with Gasteiger partial charge in [0.2, 0.25) is 0 Å². The number of hydrogen-bond donors (Lipinski definition) is 0. The highest BCUT2D eigenvalue weighted by molar-refractivity contribution is 5.70. The van der Waals surface area contributed by atoms with Gasteiger partial charge in [-0.25, -0.2) is 0 Å². The Bertz CT molecular complexity index is 763. The van der Waals surface area contributed by atoms with E-state index in [9.17, 15) is 4.79 Å². The molecule has 0 aliphatic heterocycles. The molecule has 0 fully saturated rings. The van der Waals surface area contributed by atoms with E-state index >= 15 is 0 Å². The van der Waals surface area contributed by atoms with Crippen molar-refractivity contribution in [3.8, 4) is 5.75 Å². The van der Waals surface area contributed by atoms with Gasteiger partial charge in [0, 0.05) is 37.6 Å². The number of rotatable bonds is 10. The fraction of sp³-hybridized carbons (Fsp3) is 0.480. The summed E-state index contributed by atoms with van der Waals surface area (Å²) in [5.41, 5.74) is 3.33. The molecule has 2 aromatic carbocycles. The van der Waals surface area contributed by atoms with Gasteiger partial charge in [0.25, 0.3) is 0 Å². The molecule has 4 nitrogen and oxygen atoms in total. The van der Waals surface area contributed by atoms with Gasteiger partial charge in [0.05, 0.1) is 6.61 Å². The van der Waals surface area contributed by atoms with Gasteiger partial charge in [-0.15, -0.1) is 0 Å². The molecule has 0 bridgehead atoms. The molecule has 29 heavy (non-hydrogen) atoms. The predicted molar refractivity (Wildman–Crippen MR) is 118 cm³/mol. The summed E-state index contributed by atoms with van der Waals surface area (Å²) in [6.07, 6.45) is 0.936. The van der Waals surface area contributed by atoms with E-state index < -0.39 is 0 Å². The van der Waals surface area contributed by atoms with E-state index in [1.165, 1.54) is 12.5 Å². The van der Waals surface area contributed by atoms with Gasteiger partial charge >= 0.3 is 5.97 Å². The van der Waals surface area contributed by atoms with E-state index in [4.69, 9.17) is 9.47 Å². The van der Waals surface area contributed by atoms with E-state index in [0.29, 0.717) is 24.4 Å². The van der Waals surface area contributed by atoms with E-state index in [1.54, 1.807) is 7.11 Å². The lowest BCUT2D eigenvalue weighted by atomic mass is 9.86. The smallest absolute Gasteiger partial charge is 0.308 e. The van der Waals surface area contributed by atoms with Crippen molar-refractivity contribution in [2.75, 3.05) is 13.7 Å². The van der Waals surface area contributed by atoms with Crippen LogP contribution in [0, 0.1) is 0 Å². The molecule has 0 saturated heterocycles. The van der Waals surface area contributed by atoms with Gasteiger partial charge in [-0.05, 0) is 63.9 Å². The highest BCUT2D eigenvalue weighted by Crippen LogP contribution is 2.36. The third-order valence-electron chi connectivity index (χ3n) is 5.22. The highest BCUT2D eigenvalue weighted by atomic mass is 16.5. The van der Waals surface area contributed by atoms with E-state index in [-0.39, 0.29) is 11.9 Å². The maximum atomic E-state index is 11.7. The first-order chi connectivity index (χ1) is 13.8. The molecule has 0 radical (unpaired) electrons. The van der Waals surface area contributed by atoms with Crippen LogP contribution >= 0.6 is 0 Å². The number of carbonyl (C=O) groups excluding carboxylic acids is 1. The second kappa shape index (κ2) is 11.1. The van der Waals surface area contributed by atoms with Crippen molar-refractivity contribution < 1.29 is 14.3 Å². The highest BCUT2D eigenvalue weighted by Gasteiger charge is 2.23. The van der Waals surface area contributed by atoms with Crippen LogP contribution in [0.4, 0.5) is 0 Å². The number of benzene rings is 2. The number of esters is 1. The summed E-state index contributed by atoms with van der Waals surface area (Å²) in [5.74, 6) is 0.456. The number of methoxy groups -OCH3 is 1. The quantitative estimate of drug-likeness (QED) is 0.397. The molecule has 2 aromatic rings. The van der Waals surface area contributed by atoms with Crippen LogP contribution in [0.5, 0.6) is 5.75 Å². The Kier molecular flexibility index (Phi) is 8.87. The summed E-state index contributed by atoms with van der Waals surface area (Å²) < 4.78 is 10.9. The lowest BCUT2D eigenvalue weighted by Gasteiger charge is -2.32. The maximum absolute atomic E-state index is 11.7. The minimum Gasteiger partial charge on any atom is -0.426 e. The number of nitrogens with zero attached hydrogens (tertiary/aromatic N) is 1. The average molecular weight is 398 g/mol. The van der Waals surface area contributed by atoms with Gasteiger partial charge in [-0.3, -0.25) is 9.69 Å². The fourth-order valence-corrected chi connectivity index (χ4v) is 3.95. The molecule has 0 N–H and O–H groups in total. The third kappa shape index (κ3) is 6.69. The summed E-state index contributed by atoms with van der Waals surface area (Å²) >= 11 is 0. The standard InChI is InChI=1S/C25H35NO3/c1-18(2)26(19(3)4)15-14-23(22-10-8-7-9-11-22)24-16-21(17-28-6)12-13-25(24)29-20(5)27/h7-13,16,18-19,23H,14-15,17H2,1-6H3. The molecule has 0 aromatic heterocycles. The summed E-state index contributed by atoms with van der Waals surface area (Å²) in [6, 6.07) is 17.4. The number of carbonyl (C=O) groups is 1. The molecule has 1 unspecified atom stereocenters. The maximum Gasteiger partial charge on any atom is 0.308 e. The molecular weight excluding hydrogens is 362 g/mol. The van der Waals surface area contributed by atoms with Gasteiger partial charge in [-0.1, -0.05) is 36.4 Å². The molecule has 2 rings (SSSR count). The summed E-state index contributed by atoms with van der Waals surface area (Å²) in [4.78, 5) is 14.2. The number of ether oxygens (including phenoxy) is 2. The van der Waals surface area contributed by atoms with Crippen LogP contribution < -0.4 is 4.74 Å². The fourth-order valence-electron chi connectivity index (χ4n) is 3.95. The van der Waals surface area contributed by atoms with Crippen molar-refractivity contribution in [3.05, 3.63) is 65.2 Å². The first-order valence-corrected chi connectivity index (χ1v) is 10.4. The topological polar surface area (TPSA) is 38.8 Å². The van der Waals surface area contributed by atoms with Crippen molar-refractivity contribution in [1.82, 2.24) is 4.90 Å². The molecule has 0 amide bonds. The van der Waals surface area contributed by atoms with E-state index in [1.807, 2.05) is 18.2 Å². The monoisotopic (exact) mass is 397 g/mol. The molecule has 158 valence electrons. The minimum atomic E-state index is -0.302. The van der Waals surface area contributed by atoms with Crippen LogP contribution in [0.3, 0.4) is 0 Å². The van der Waals surface area contributed by atoms with Crippen molar-refractivity contribution >= 4 is 5.97 Å². The first-order valence-electron chi connectivity index (χ1n) is 10.4. The lowest BCUT2D eigenvalue weighted by molar-refractivity contribution is -0.131. The van der Waals surface area contributed by atoms with Crippen LogP contribution in [-0.4, -0.2) is 36.6 Å². The normalized spacial score (nSPS) is 12.6. The molecule has 0 spiro atoms. The van der Waals surface area contributed by atoms with E-state index in [2.05, 4.69) is 62.9 Å². The van der Waals surface area contributed by atoms with Crippen molar-refractivity contribution in [1.29, 1.82) is 0 Å². The summed E-state index contributed by atoms with van der Waals surface area (Å²) in [5, 5.41) is 0. The summed E-state index contributed by atoms with van der Waals surface area (Å²) in [6.45, 7) is 11.9. The Morgan fingerprint density at radius 1 is 1.00 bits per heavy atom. The Morgan fingerprint density at radius 2 is 1.66 bits per heavy atom. The van der Waals surface area contributed by atoms with Gasteiger partial charge < -0.3 is 9.47 Å². The van der Waals surface area contributed by atoms with Crippen molar-refractivity contribution in [2.24, 2.45) is 0 Å². The second-order valence-corrected chi connectivity index (χ2v) is 8.08. The van der Waals surface area contributed by atoms with Gasteiger partial charge in [0.1, 0.15) is 5.75 Å². The van der Waals surface area contributed by atoms with Crippen LogP contribution in [0.1, 0.15) is 63.6 Å². The van der Waals surface area contributed by atoms with Crippen LogP contribution in [0.25, 0.3) is 0 Å². The molecule has 4 heteroatoms. The van der Waals surface area contributed by atoms with Gasteiger partial charge in [0.15, 0.2) is 0 Å². The molecule has 0 saturated carbocycles. The molecule has 0 aliphatic carbocycles. The first kappa shape index (κ1) is 23.1. The molecule has 0 heterocycles. The largest absolute Gasteiger partial charge is 0.426 e. The average Bonchev–Trinajstić information content (AvgIpc) is 2.66. The Morgan fingerprint density at radius 3 is 2.21 bits per heavy atom. The Labute approximate surface area is 175 Å². The summed E-state index contributed by atoms with van der Waals surface area (Å²) in [7, 11) is 1.69. The second-order valence-electron chi connectivity index (χ2n) is 8.08. The predicted octanol–water partition coefficient (Wildman–Crippen LogP) is 5.40. The lowest BCUT2D eigenvalue weighted by Crippen LogP contribution is -2.38. The number of hydrogen-bond acceptors (Lipinski definition) is 4. The molecular formula is C25H35NO3. The Balaban J connectivity index is 2.47. The molecule has 0 aliphatic rings. The van der Waals surface area contributed by atoms with Crippen LogP contribution in [0.15, 0.2) is 48.5 Å². The van der Waals surface area contributed by atoms with Crippen molar-refractivity contribution in [3.63, 3.8) is 0 Å². The zero-order chi connectivity index (χ0) is 21.4. The molecule has 1 atom stereocenters. The van der Waals surface area contributed by atoms with Crippen molar-refractivity contribution in [2.45, 2.75) is 65.6 Å². The minimum absolute atomic E-state index is 0.127. The van der Waals surface area contributed by atoms with Gasteiger partial charge in [-0.2, -0.15) is 0 Å². The van der Waals surface area contributed by atoms with Crippen LogP contribution in [-0.2, 0) is 16.1 Å².